The molecule has 2 rings (SSSR count). The topological polar surface area (TPSA) is 66.4 Å². The van der Waals surface area contributed by atoms with Crippen LogP contribution in [0.4, 0.5) is 0 Å². The van der Waals surface area contributed by atoms with Crippen molar-refractivity contribution >= 4 is 9.84 Å². The number of benzene rings is 2. The van der Waals surface area contributed by atoms with Crippen LogP contribution < -0.4 is 5.32 Å². The normalized spacial score (nSPS) is 11.5. The van der Waals surface area contributed by atoms with Gasteiger partial charge in [0.25, 0.3) is 0 Å². The first-order valence-electron chi connectivity index (χ1n) is 6.65. The minimum atomic E-state index is -3.15. The van der Waals surface area contributed by atoms with Gasteiger partial charge in [-0.25, -0.2) is 8.42 Å². The third-order valence-corrected chi connectivity index (χ3v) is 4.45. The molecule has 0 aliphatic carbocycles. The summed E-state index contributed by atoms with van der Waals surface area (Å²) < 4.78 is 22.7. The van der Waals surface area contributed by atoms with Crippen LogP contribution in [0.25, 0.3) is 0 Å². The summed E-state index contributed by atoms with van der Waals surface area (Å²) in [5.74, 6) is 0.317. The van der Waals surface area contributed by atoms with E-state index >= 15 is 0 Å². The van der Waals surface area contributed by atoms with E-state index in [0.29, 0.717) is 23.7 Å². The number of sulfone groups is 1. The molecule has 5 heteroatoms. The highest BCUT2D eigenvalue weighted by molar-refractivity contribution is 7.90. The van der Waals surface area contributed by atoms with Crippen molar-refractivity contribution in [1.29, 1.82) is 0 Å². The number of hydrogen-bond donors (Lipinski definition) is 2. The molecule has 0 bridgehead atoms. The van der Waals surface area contributed by atoms with Crippen LogP contribution in [-0.2, 0) is 22.9 Å². The van der Waals surface area contributed by atoms with Gasteiger partial charge in [0.1, 0.15) is 5.75 Å². The number of para-hydroxylation sites is 1. The van der Waals surface area contributed by atoms with E-state index in [1.807, 2.05) is 25.1 Å². The summed E-state index contributed by atoms with van der Waals surface area (Å²) in [6.45, 7) is 3.03. The largest absolute Gasteiger partial charge is 0.507 e. The quantitative estimate of drug-likeness (QED) is 0.890. The van der Waals surface area contributed by atoms with Gasteiger partial charge in [0, 0.05) is 24.9 Å². The Kier molecular flexibility index (Phi) is 4.65. The Morgan fingerprint density at radius 2 is 1.71 bits per heavy atom. The number of hydrogen-bond acceptors (Lipinski definition) is 4. The number of rotatable bonds is 5. The molecule has 0 saturated heterocycles. The summed E-state index contributed by atoms with van der Waals surface area (Å²) in [5.41, 5.74) is 2.70. The van der Waals surface area contributed by atoms with Crippen LogP contribution in [0.5, 0.6) is 5.75 Å². The molecule has 21 heavy (non-hydrogen) atoms. The molecule has 0 aliphatic rings. The van der Waals surface area contributed by atoms with Crippen molar-refractivity contribution in [3.63, 3.8) is 0 Å². The Morgan fingerprint density at radius 1 is 1.05 bits per heavy atom. The van der Waals surface area contributed by atoms with Gasteiger partial charge in [-0.2, -0.15) is 0 Å². The third kappa shape index (κ3) is 4.06. The smallest absolute Gasteiger partial charge is 0.175 e. The standard InChI is InChI=1S/C16H19NO3S/c1-12-4-3-5-14(16(12)18)11-17-10-13-6-8-15(9-7-13)21(2,19)20/h3-9,17-18H,10-11H2,1-2H3. The zero-order valence-corrected chi connectivity index (χ0v) is 12.9. The SMILES string of the molecule is Cc1cccc(CNCc2ccc(S(C)(=O)=O)cc2)c1O. The van der Waals surface area contributed by atoms with Crippen LogP contribution >= 0.6 is 0 Å². The second-order valence-electron chi connectivity index (χ2n) is 5.10. The van der Waals surface area contributed by atoms with Crippen LogP contribution in [0.15, 0.2) is 47.4 Å². The second kappa shape index (κ2) is 6.28. The Hall–Kier alpha value is -1.85. The van der Waals surface area contributed by atoms with E-state index in [4.69, 9.17) is 0 Å². The third-order valence-electron chi connectivity index (χ3n) is 3.32. The van der Waals surface area contributed by atoms with Gasteiger partial charge in [0.15, 0.2) is 9.84 Å². The molecule has 0 aromatic heterocycles. The molecule has 0 aliphatic heterocycles. The average molecular weight is 305 g/mol. The first kappa shape index (κ1) is 15.5. The van der Waals surface area contributed by atoms with Gasteiger partial charge < -0.3 is 10.4 Å². The molecule has 2 aromatic rings. The van der Waals surface area contributed by atoms with Crippen LogP contribution in [0.1, 0.15) is 16.7 Å². The summed E-state index contributed by atoms with van der Waals surface area (Å²) in [4.78, 5) is 0.322. The fourth-order valence-corrected chi connectivity index (χ4v) is 2.69. The Morgan fingerprint density at radius 3 is 2.33 bits per heavy atom. The maximum Gasteiger partial charge on any atom is 0.175 e. The summed E-state index contributed by atoms with van der Waals surface area (Å²) in [5, 5.41) is 13.1. The lowest BCUT2D eigenvalue weighted by atomic mass is 10.1. The predicted octanol–water partition coefficient (Wildman–Crippen LogP) is 2.39. The van der Waals surface area contributed by atoms with E-state index in [-0.39, 0.29) is 0 Å². The molecule has 0 heterocycles. The van der Waals surface area contributed by atoms with Crippen LogP contribution in [-0.4, -0.2) is 19.8 Å². The average Bonchev–Trinajstić information content (AvgIpc) is 2.43. The minimum absolute atomic E-state index is 0.317. The highest BCUT2D eigenvalue weighted by Gasteiger charge is 2.06. The number of phenols is 1. The van der Waals surface area contributed by atoms with Crippen molar-refractivity contribution in [1.82, 2.24) is 5.32 Å². The molecule has 0 spiro atoms. The van der Waals surface area contributed by atoms with Crippen molar-refractivity contribution in [3.05, 3.63) is 59.2 Å². The van der Waals surface area contributed by atoms with E-state index in [1.54, 1.807) is 24.3 Å². The maximum atomic E-state index is 11.4. The maximum absolute atomic E-state index is 11.4. The lowest BCUT2D eigenvalue weighted by Gasteiger charge is -2.09. The molecular formula is C16H19NO3S. The molecule has 0 amide bonds. The van der Waals surface area contributed by atoms with Crippen LogP contribution in [0, 0.1) is 6.92 Å². The van der Waals surface area contributed by atoms with Gasteiger partial charge in [-0.15, -0.1) is 0 Å². The summed E-state index contributed by atoms with van der Waals surface area (Å²) in [7, 11) is -3.15. The molecule has 0 fully saturated rings. The fraction of sp³-hybridized carbons (Fsp3) is 0.250. The number of nitrogens with one attached hydrogen (secondary N) is 1. The van der Waals surface area contributed by atoms with Gasteiger partial charge in [0.05, 0.1) is 4.90 Å². The van der Waals surface area contributed by atoms with Crippen molar-refractivity contribution < 1.29 is 13.5 Å². The monoisotopic (exact) mass is 305 g/mol. The first-order valence-corrected chi connectivity index (χ1v) is 8.54. The molecule has 0 atom stereocenters. The van der Waals surface area contributed by atoms with Gasteiger partial charge in [-0.1, -0.05) is 30.3 Å². The Bertz CT molecular complexity index is 722. The zero-order chi connectivity index (χ0) is 15.5. The molecule has 0 saturated carbocycles. The van der Waals surface area contributed by atoms with E-state index < -0.39 is 9.84 Å². The molecule has 4 nitrogen and oxygen atoms in total. The Labute approximate surface area is 125 Å². The van der Waals surface area contributed by atoms with Crippen LogP contribution in [0.2, 0.25) is 0 Å². The molecule has 2 aromatic carbocycles. The second-order valence-corrected chi connectivity index (χ2v) is 7.12. The summed E-state index contributed by atoms with van der Waals surface area (Å²) >= 11 is 0. The highest BCUT2D eigenvalue weighted by atomic mass is 32.2. The van der Waals surface area contributed by atoms with Gasteiger partial charge in [0.2, 0.25) is 0 Å². The van der Waals surface area contributed by atoms with Crippen molar-refractivity contribution in [2.24, 2.45) is 0 Å². The zero-order valence-electron chi connectivity index (χ0n) is 12.1. The Balaban J connectivity index is 1.96. The number of aromatic hydroxyl groups is 1. The van der Waals surface area contributed by atoms with Crippen molar-refractivity contribution in [2.75, 3.05) is 6.26 Å². The number of phenolic OH excluding ortho intramolecular Hbond substituents is 1. The van der Waals surface area contributed by atoms with Gasteiger partial charge in [-0.3, -0.25) is 0 Å². The molecule has 112 valence electrons. The molecule has 0 radical (unpaired) electrons. The number of aryl methyl sites for hydroxylation is 1. The van der Waals surface area contributed by atoms with E-state index in [2.05, 4.69) is 5.32 Å². The van der Waals surface area contributed by atoms with Crippen LogP contribution in [0.3, 0.4) is 0 Å². The highest BCUT2D eigenvalue weighted by Crippen LogP contribution is 2.21. The molecule has 2 N–H and O–H groups in total. The van der Waals surface area contributed by atoms with Crippen molar-refractivity contribution in [3.8, 4) is 5.75 Å². The summed E-state index contributed by atoms with van der Waals surface area (Å²) in [6, 6.07) is 12.4. The molecular weight excluding hydrogens is 286 g/mol. The van der Waals surface area contributed by atoms with Crippen molar-refractivity contribution in [2.45, 2.75) is 24.9 Å². The predicted molar refractivity (Wildman–Crippen MR) is 82.9 cm³/mol. The van der Waals surface area contributed by atoms with E-state index in [0.717, 1.165) is 16.7 Å². The van der Waals surface area contributed by atoms with Gasteiger partial charge in [-0.05, 0) is 30.2 Å². The van der Waals surface area contributed by atoms with E-state index in [1.165, 1.54) is 6.26 Å². The lowest BCUT2D eigenvalue weighted by Crippen LogP contribution is -2.13. The summed E-state index contributed by atoms with van der Waals surface area (Å²) in [6.07, 6.45) is 1.20. The lowest BCUT2D eigenvalue weighted by molar-refractivity contribution is 0.460. The fourth-order valence-electron chi connectivity index (χ4n) is 2.06. The molecule has 0 unspecified atom stereocenters. The van der Waals surface area contributed by atoms with E-state index in [9.17, 15) is 13.5 Å². The van der Waals surface area contributed by atoms with Gasteiger partial charge >= 0.3 is 0 Å². The minimum Gasteiger partial charge on any atom is -0.507 e. The first-order chi connectivity index (χ1) is 9.88.